The lowest BCUT2D eigenvalue weighted by Gasteiger charge is -2.42. The summed E-state index contributed by atoms with van der Waals surface area (Å²) >= 11 is 1.16. The molecule has 1 saturated heterocycles. The number of rotatable bonds is 7. The van der Waals surface area contributed by atoms with Crippen molar-refractivity contribution in [1.29, 1.82) is 0 Å². The van der Waals surface area contributed by atoms with Crippen LogP contribution in [0.4, 0.5) is 5.69 Å². The number of anilines is 1. The molecule has 0 spiro atoms. The summed E-state index contributed by atoms with van der Waals surface area (Å²) < 4.78 is 55.9. The quantitative estimate of drug-likeness (QED) is 0.523. The van der Waals surface area contributed by atoms with Gasteiger partial charge in [0.2, 0.25) is 10.0 Å². The molecule has 2 heterocycles. The molecular formula is C21H23N3O5S3. The second-order valence-corrected chi connectivity index (χ2v) is 12.2. The minimum absolute atomic E-state index is 0.0224. The van der Waals surface area contributed by atoms with Gasteiger partial charge in [0.1, 0.15) is 9.96 Å². The zero-order valence-corrected chi connectivity index (χ0v) is 19.5. The van der Waals surface area contributed by atoms with Crippen LogP contribution in [0, 0.1) is 0 Å². The molecule has 8 nitrogen and oxygen atoms in total. The van der Waals surface area contributed by atoms with Crippen molar-refractivity contribution in [3.05, 3.63) is 72.1 Å². The minimum Gasteiger partial charge on any atom is -0.508 e. The Kier molecular flexibility index (Phi) is 6.54. The Bertz CT molecular complexity index is 1250. The highest BCUT2D eigenvalue weighted by Gasteiger charge is 2.35. The monoisotopic (exact) mass is 493 g/mol. The van der Waals surface area contributed by atoms with Gasteiger partial charge in [-0.3, -0.25) is 0 Å². The Morgan fingerprint density at radius 1 is 0.938 bits per heavy atom. The second-order valence-electron chi connectivity index (χ2n) is 7.32. The van der Waals surface area contributed by atoms with Crippen molar-refractivity contribution < 1.29 is 21.9 Å². The number of aromatic hydroxyl groups is 1. The Morgan fingerprint density at radius 3 is 2.31 bits per heavy atom. The average molecular weight is 494 g/mol. The van der Waals surface area contributed by atoms with Crippen molar-refractivity contribution in [3.63, 3.8) is 0 Å². The number of thiophene rings is 1. The first kappa shape index (κ1) is 22.7. The molecule has 11 heteroatoms. The van der Waals surface area contributed by atoms with E-state index in [9.17, 15) is 21.9 Å². The molecule has 1 aromatic heterocycles. The van der Waals surface area contributed by atoms with Crippen LogP contribution in [0.5, 0.6) is 5.75 Å². The summed E-state index contributed by atoms with van der Waals surface area (Å²) in [6, 6.07) is 17.4. The van der Waals surface area contributed by atoms with E-state index in [4.69, 9.17) is 0 Å². The number of hydrogen-bond donors (Lipinski definition) is 2. The molecule has 4 rings (SSSR count). The van der Waals surface area contributed by atoms with Gasteiger partial charge in [-0.25, -0.2) is 21.6 Å². The lowest BCUT2D eigenvalue weighted by atomic mass is 10.1. The Hall–Kier alpha value is -2.44. The normalized spacial score (nSPS) is 18.0. The van der Waals surface area contributed by atoms with Crippen LogP contribution < -0.4 is 9.62 Å². The van der Waals surface area contributed by atoms with Gasteiger partial charge in [0, 0.05) is 31.9 Å². The molecule has 1 fully saturated rings. The molecule has 1 atom stereocenters. The number of nitrogens with zero attached hydrogens (tertiary/aromatic N) is 2. The van der Waals surface area contributed by atoms with E-state index in [0.29, 0.717) is 6.54 Å². The Labute approximate surface area is 191 Å². The summed E-state index contributed by atoms with van der Waals surface area (Å²) in [6.07, 6.45) is 0. The van der Waals surface area contributed by atoms with Gasteiger partial charge in [0.25, 0.3) is 10.0 Å². The van der Waals surface area contributed by atoms with Crippen LogP contribution in [0.1, 0.15) is 0 Å². The summed E-state index contributed by atoms with van der Waals surface area (Å²) in [5.41, 5.74) is 0.778. The van der Waals surface area contributed by atoms with Gasteiger partial charge in [0.15, 0.2) is 0 Å². The van der Waals surface area contributed by atoms with E-state index in [-0.39, 0.29) is 34.5 Å². The fourth-order valence-corrected chi connectivity index (χ4v) is 7.34. The van der Waals surface area contributed by atoms with Gasteiger partial charge >= 0.3 is 0 Å². The molecular weight excluding hydrogens is 470 g/mol. The predicted molar refractivity (Wildman–Crippen MR) is 124 cm³/mol. The maximum Gasteiger partial charge on any atom is 0.252 e. The number of sulfonamides is 2. The van der Waals surface area contributed by atoms with Gasteiger partial charge in [-0.1, -0.05) is 24.3 Å². The highest BCUT2D eigenvalue weighted by molar-refractivity contribution is 7.91. The molecule has 3 aromatic rings. The van der Waals surface area contributed by atoms with Gasteiger partial charge < -0.3 is 10.0 Å². The van der Waals surface area contributed by atoms with E-state index in [0.717, 1.165) is 17.0 Å². The van der Waals surface area contributed by atoms with Crippen LogP contribution in [-0.2, 0) is 20.0 Å². The molecule has 0 aliphatic carbocycles. The molecule has 1 aliphatic heterocycles. The van der Waals surface area contributed by atoms with Gasteiger partial charge in [0.05, 0.1) is 10.9 Å². The molecule has 0 saturated carbocycles. The molecule has 0 bridgehead atoms. The van der Waals surface area contributed by atoms with E-state index < -0.39 is 26.1 Å². The van der Waals surface area contributed by atoms with Crippen molar-refractivity contribution >= 4 is 37.1 Å². The highest BCUT2D eigenvalue weighted by atomic mass is 32.2. The third kappa shape index (κ3) is 4.81. The number of benzene rings is 2. The Balaban J connectivity index is 1.59. The zero-order valence-electron chi connectivity index (χ0n) is 17.0. The smallest absolute Gasteiger partial charge is 0.252 e. The number of nitrogens with one attached hydrogen (secondary N) is 1. The molecule has 170 valence electrons. The van der Waals surface area contributed by atoms with Crippen LogP contribution in [-0.4, -0.2) is 58.5 Å². The van der Waals surface area contributed by atoms with E-state index in [1.54, 1.807) is 60.0 Å². The fraction of sp³-hybridized carbons (Fsp3) is 0.238. The molecule has 1 aliphatic rings. The van der Waals surface area contributed by atoms with Crippen molar-refractivity contribution in [2.75, 3.05) is 31.1 Å². The molecule has 2 N–H and O–H groups in total. The van der Waals surface area contributed by atoms with Crippen molar-refractivity contribution in [1.82, 2.24) is 9.03 Å². The van der Waals surface area contributed by atoms with Gasteiger partial charge in [-0.2, -0.15) is 4.31 Å². The lowest BCUT2D eigenvalue weighted by molar-refractivity contribution is 0.332. The van der Waals surface area contributed by atoms with Gasteiger partial charge in [-0.05, 0) is 47.8 Å². The average Bonchev–Trinajstić information content (AvgIpc) is 3.35. The third-order valence-corrected chi connectivity index (χ3v) is 9.96. The molecule has 2 aromatic carbocycles. The fourth-order valence-electron chi connectivity index (χ4n) is 3.63. The maximum absolute atomic E-state index is 13.1. The standard InChI is InChI=1S/C21H23N3O5S3/c25-19-10-8-17(9-11-19)24-13-12-23(32(28,29)21-7-4-14-30-21)16-18(24)15-22-31(26,27)20-5-2-1-3-6-20/h1-11,14,18,22,25H,12-13,15-16H2/t18-/m0/s1. The summed E-state index contributed by atoms with van der Waals surface area (Å²) in [6.45, 7) is 0.795. The van der Waals surface area contributed by atoms with E-state index >= 15 is 0 Å². The van der Waals surface area contributed by atoms with Crippen LogP contribution in [0.3, 0.4) is 0 Å². The summed E-state index contributed by atoms with van der Waals surface area (Å²) in [5.74, 6) is 0.119. The van der Waals surface area contributed by atoms with Gasteiger partial charge in [-0.15, -0.1) is 11.3 Å². The molecule has 0 radical (unpaired) electrons. The van der Waals surface area contributed by atoms with Crippen LogP contribution in [0.15, 0.2) is 81.2 Å². The number of phenols is 1. The summed E-state index contributed by atoms with van der Waals surface area (Å²) in [5, 5.41) is 11.3. The summed E-state index contributed by atoms with van der Waals surface area (Å²) in [4.78, 5) is 2.11. The first-order valence-corrected chi connectivity index (χ1v) is 13.7. The first-order valence-electron chi connectivity index (χ1n) is 9.91. The highest BCUT2D eigenvalue weighted by Crippen LogP contribution is 2.27. The van der Waals surface area contributed by atoms with Crippen molar-refractivity contribution in [2.45, 2.75) is 15.1 Å². The SMILES string of the molecule is O=S(=O)(NC[C@H]1CN(S(=O)(=O)c2cccs2)CCN1c1ccc(O)cc1)c1ccccc1. The topological polar surface area (TPSA) is 107 Å². The van der Waals surface area contributed by atoms with Crippen LogP contribution >= 0.6 is 11.3 Å². The third-order valence-electron chi connectivity index (χ3n) is 5.28. The maximum atomic E-state index is 13.1. The minimum atomic E-state index is -3.75. The van der Waals surface area contributed by atoms with Crippen molar-refractivity contribution in [3.8, 4) is 5.75 Å². The Morgan fingerprint density at radius 2 is 1.66 bits per heavy atom. The number of hydrogen-bond acceptors (Lipinski definition) is 7. The zero-order chi connectivity index (χ0) is 22.8. The molecule has 0 unspecified atom stereocenters. The largest absolute Gasteiger partial charge is 0.508 e. The predicted octanol–water partition coefficient (Wildman–Crippen LogP) is 2.31. The second kappa shape index (κ2) is 9.20. The van der Waals surface area contributed by atoms with E-state index in [1.807, 2.05) is 4.90 Å². The van der Waals surface area contributed by atoms with E-state index in [1.165, 1.54) is 16.4 Å². The van der Waals surface area contributed by atoms with Crippen LogP contribution in [0.2, 0.25) is 0 Å². The first-order chi connectivity index (χ1) is 15.3. The number of piperazine rings is 1. The van der Waals surface area contributed by atoms with E-state index in [2.05, 4.69) is 4.72 Å². The molecule has 0 amide bonds. The number of phenolic OH excluding ortho intramolecular Hbond substituents is 1. The van der Waals surface area contributed by atoms with Crippen molar-refractivity contribution in [2.24, 2.45) is 0 Å². The van der Waals surface area contributed by atoms with Crippen LogP contribution in [0.25, 0.3) is 0 Å². The lowest BCUT2D eigenvalue weighted by Crippen LogP contribution is -2.58. The summed E-state index contributed by atoms with van der Waals surface area (Å²) in [7, 11) is -7.41. The molecule has 32 heavy (non-hydrogen) atoms.